The van der Waals surface area contributed by atoms with Crippen LogP contribution in [0.3, 0.4) is 0 Å². The van der Waals surface area contributed by atoms with Crippen molar-refractivity contribution in [1.29, 1.82) is 0 Å². The lowest BCUT2D eigenvalue weighted by molar-refractivity contribution is 0.421. The summed E-state index contributed by atoms with van der Waals surface area (Å²) in [5, 5.41) is 2.36. The molecule has 324 valence electrons. The summed E-state index contributed by atoms with van der Waals surface area (Å²) in [6, 6.07) is 49.6. The average Bonchev–Trinajstić information content (AvgIpc) is 3.76. The molecule has 0 radical (unpaired) electrons. The highest BCUT2D eigenvalue weighted by Gasteiger charge is 2.78. The van der Waals surface area contributed by atoms with Crippen molar-refractivity contribution < 1.29 is 4.74 Å². The van der Waals surface area contributed by atoms with Gasteiger partial charge in [0.25, 0.3) is 0 Å². The van der Waals surface area contributed by atoms with Crippen molar-refractivity contribution in [2.24, 2.45) is 0 Å². The molecule has 0 aliphatic carbocycles. The van der Waals surface area contributed by atoms with Crippen LogP contribution in [0.5, 0.6) is 11.5 Å². The molecule has 5 nitrogen and oxygen atoms in total. The minimum absolute atomic E-state index is 0.0391. The number of fused-ring (bicyclic) bond motifs is 7. The maximum Gasteiger partial charge on any atom is 0.225 e. The van der Waals surface area contributed by atoms with Gasteiger partial charge in [-0.1, -0.05) is 138 Å². The predicted octanol–water partition coefficient (Wildman–Crippen LogP) is 16.9. The van der Waals surface area contributed by atoms with Crippen LogP contribution >= 0.6 is 0 Å². The molecule has 2 aliphatic rings. The van der Waals surface area contributed by atoms with E-state index >= 15 is 0 Å². The van der Waals surface area contributed by atoms with Crippen LogP contribution < -0.4 is 13.9 Å². The molecular formula is C59H63N4O+. The van der Waals surface area contributed by atoms with Crippen LogP contribution in [0.25, 0.3) is 38.8 Å². The fourth-order valence-corrected chi connectivity index (χ4v) is 10.3. The van der Waals surface area contributed by atoms with E-state index in [0.29, 0.717) is 26.9 Å². The molecular weight excluding hydrogens is 781 g/mol. The molecule has 10 rings (SSSR count). The Bertz CT molecular complexity index is 3110. The summed E-state index contributed by atoms with van der Waals surface area (Å²) >= 11 is 0. The lowest BCUT2D eigenvalue weighted by Gasteiger charge is -2.40. The molecule has 0 amide bonds. The Morgan fingerprint density at radius 3 is 1.81 bits per heavy atom. The first-order chi connectivity index (χ1) is 30.4. The molecule has 0 bridgehead atoms. The smallest absolute Gasteiger partial charge is 0.225 e. The van der Waals surface area contributed by atoms with Crippen molar-refractivity contribution in [3.63, 3.8) is 0 Å². The summed E-state index contributed by atoms with van der Waals surface area (Å²) in [6.07, 6.45) is 1.98. The monoisotopic (exact) mass is 843 g/mol. The molecule has 5 heteroatoms. The summed E-state index contributed by atoms with van der Waals surface area (Å²) in [6.45, 7) is 30.1. The fraction of sp³-hybridized carbons (Fsp3) is 0.288. The molecule has 0 spiro atoms. The Labute approximate surface area is 380 Å². The molecule has 1 saturated heterocycles. The molecule has 2 atom stereocenters. The van der Waals surface area contributed by atoms with Gasteiger partial charge in [-0.25, -0.2) is 4.98 Å². The molecule has 8 aromatic rings. The lowest BCUT2D eigenvalue weighted by atomic mass is 9.82. The zero-order chi connectivity index (χ0) is 45.1. The highest BCUT2D eigenvalue weighted by atomic mass is 16.5. The second-order valence-corrected chi connectivity index (χ2v) is 21.3. The minimum atomic E-state index is -0.109. The summed E-state index contributed by atoms with van der Waals surface area (Å²) in [7, 11) is 0. The van der Waals surface area contributed by atoms with Gasteiger partial charge in [-0.05, 0) is 104 Å². The summed E-state index contributed by atoms with van der Waals surface area (Å²) in [4.78, 5) is 5.10. The quantitative estimate of drug-likeness (QED) is 0.0822. The van der Waals surface area contributed by atoms with Gasteiger partial charge in [-0.2, -0.15) is 9.18 Å². The number of rotatable bonds is 9. The van der Waals surface area contributed by atoms with Crippen LogP contribution in [-0.2, 0) is 10.8 Å². The highest BCUT2D eigenvalue weighted by molar-refractivity contribution is 6.09. The minimum Gasteiger partial charge on any atom is -0.457 e. The van der Waals surface area contributed by atoms with Gasteiger partial charge in [-0.15, -0.1) is 0 Å². The number of hydrogen-bond donors (Lipinski definition) is 0. The van der Waals surface area contributed by atoms with Crippen molar-refractivity contribution in [3.8, 4) is 28.4 Å². The van der Waals surface area contributed by atoms with Gasteiger partial charge in [-0.3, -0.25) is 4.57 Å². The van der Waals surface area contributed by atoms with Crippen LogP contribution in [0.1, 0.15) is 129 Å². The van der Waals surface area contributed by atoms with Crippen molar-refractivity contribution in [2.75, 3.05) is 0 Å². The number of aromatic nitrogens is 2. The summed E-state index contributed by atoms with van der Waals surface area (Å²) in [5.74, 6) is 3.71. The third-order valence-electron chi connectivity index (χ3n) is 13.9. The maximum atomic E-state index is 7.07. The van der Waals surface area contributed by atoms with Gasteiger partial charge in [0.1, 0.15) is 17.3 Å². The van der Waals surface area contributed by atoms with E-state index in [1.807, 2.05) is 6.20 Å². The van der Waals surface area contributed by atoms with Crippen LogP contribution in [0.4, 0.5) is 22.7 Å². The van der Waals surface area contributed by atoms with Gasteiger partial charge in [0, 0.05) is 59.4 Å². The number of ether oxygens (including phenoxy) is 1. The molecule has 0 saturated carbocycles. The molecule has 6 aromatic carbocycles. The van der Waals surface area contributed by atoms with Gasteiger partial charge in [0.05, 0.1) is 11.0 Å². The fourth-order valence-electron chi connectivity index (χ4n) is 10.3. The molecule has 2 aromatic heterocycles. The second-order valence-electron chi connectivity index (χ2n) is 21.3. The lowest BCUT2D eigenvalue weighted by Crippen LogP contribution is -2.46. The van der Waals surface area contributed by atoms with Crippen LogP contribution in [0.15, 0.2) is 140 Å². The number of benzene rings is 6. The topological polar surface area (TPSA) is 27.1 Å². The van der Waals surface area contributed by atoms with E-state index < -0.39 is 0 Å². The van der Waals surface area contributed by atoms with Gasteiger partial charge >= 0.3 is 0 Å². The molecule has 0 N–H and O–H groups in total. The van der Waals surface area contributed by atoms with E-state index in [2.05, 4.69) is 228 Å². The zero-order valence-corrected chi connectivity index (χ0v) is 39.8. The first-order valence-electron chi connectivity index (χ1n) is 23.3. The van der Waals surface area contributed by atoms with Crippen LogP contribution in [0, 0.1) is 6.67 Å². The second kappa shape index (κ2) is 14.8. The zero-order valence-electron chi connectivity index (χ0n) is 39.8. The largest absolute Gasteiger partial charge is 0.457 e. The predicted molar refractivity (Wildman–Crippen MR) is 270 cm³/mol. The standard InChI is InChI=1S/C59H63N4O/c1-37(2)41-28-50(38(3)4)57(51(29-41)39(5)6)40-26-27-60-56(30-40)61-52-21-14-13-20-48(52)49-25-24-46(35-53(49)61)64-47-33-43(59(10,11)12)32-45(34-47)63-36-62(63,54-22-15-16-23-55(54)63)44-19-17-18-42(31-44)58(7,8)9/h13-39H,1-12H3/q+1/t62-,63?/m0/s1. The Hall–Kier alpha value is -6.01. The van der Waals surface area contributed by atoms with Crippen molar-refractivity contribution in [2.45, 2.75) is 112 Å². The highest BCUT2D eigenvalue weighted by Crippen LogP contribution is 2.75. The van der Waals surface area contributed by atoms with Crippen LogP contribution in [-0.4, -0.2) is 9.55 Å². The first kappa shape index (κ1) is 42.0. The first-order valence-corrected chi connectivity index (χ1v) is 23.3. The third kappa shape index (κ3) is 6.45. The van der Waals surface area contributed by atoms with E-state index in [1.54, 1.807) is 0 Å². The maximum absolute atomic E-state index is 7.07. The summed E-state index contributed by atoms with van der Waals surface area (Å²) in [5.41, 5.74) is 16.5. The molecule has 1 unspecified atom stereocenters. The van der Waals surface area contributed by atoms with E-state index in [9.17, 15) is 0 Å². The Morgan fingerprint density at radius 1 is 0.531 bits per heavy atom. The van der Waals surface area contributed by atoms with E-state index in [0.717, 1.165) is 28.4 Å². The molecule has 64 heavy (non-hydrogen) atoms. The number of hydrogen-bond acceptors (Lipinski definition) is 2. The van der Waals surface area contributed by atoms with E-state index in [4.69, 9.17) is 9.72 Å². The SMILES string of the molecule is CC(C)c1cc(C(C)C)c(-c2ccnc(-n3c4ccccc4c4ccc(Oc5cc(C(C)(C)C)cc([N+]67[CH-][N@+]6(c6cccc(C(C)(C)C)c6)c6ccccc67)c5)cc43)c2)c(C(C)C)c1. The Kier molecular flexibility index (Phi) is 9.68. The van der Waals surface area contributed by atoms with Crippen molar-refractivity contribution in [3.05, 3.63) is 174 Å². The van der Waals surface area contributed by atoms with E-state index in [1.165, 1.54) is 72.5 Å². The van der Waals surface area contributed by atoms with Crippen molar-refractivity contribution in [1.82, 2.24) is 18.7 Å². The molecule has 2 aliphatic heterocycles. The molecule has 4 heterocycles. The van der Waals surface area contributed by atoms with Gasteiger partial charge in [0.15, 0.2) is 18.0 Å². The number of para-hydroxylation sites is 3. The Balaban J connectivity index is 1.10. The third-order valence-corrected chi connectivity index (χ3v) is 13.9. The van der Waals surface area contributed by atoms with Gasteiger partial charge in [0.2, 0.25) is 11.4 Å². The van der Waals surface area contributed by atoms with Crippen molar-refractivity contribution >= 4 is 44.6 Å². The number of nitrogens with zero attached hydrogens (tertiary/aromatic N) is 4. The number of pyridine rings is 1. The van der Waals surface area contributed by atoms with Gasteiger partial charge < -0.3 is 4.74 Å². The Morgan fingerprint density at radius 2 is 1.16 bits per heavy atom. The normalized spacial score (nSPS) is 18.2. The van der Waals surface area contributed by atoms with Crippen LogP contribution in [0.2, 0.25) is 0 Å². The van der Waals surface area contributed by atoms with E-state index in [-0.39, 0.29) is 10.8 Å². The molecule has 1 fully saturated rings. The number of quaternary nitrogens is 2. The summed E-state index contributed by atoms with van der Waals surface area (Å²) < 4.78 is 10.7. The average molecular weight is 844 g/mol.